The number of benzene rings is 1. The molecule has 0 aliphatic rings. The zero-order chi connectivity index (χ0) is 19.5. The Labute approximate surface area is 203 Å². The van der Waals surface area contributed by atoms with Crippen LogP contribution in [0.15, 0.2) is 55.1 Å². The SMILES string of the molecule is Cc1ccc(Oc2ccc(Nc3ncnc4ccn(CCN)c34)cc2Cl)cn1.Cl.Cl.Cl. The largest absolute Gasteiger partial charge is 0.454 e. The molecule has 4 aromatic rings. The maximum atomic E-state index is 6.42. The number of hydrogen-bond acceptors (Lipinski definition) is 6. The van der Waals surface area contributed by atoms with Gasteiger partial charge in [-0.3, -0.25) is 4.98 Å². The predicted molar refractivity (Wildman–Crippen MR) is 132 cm³/mol. The minimum absolute atomic E-state index is 0. The van der Waals surface area contributed by atoms with Crippen LogP contribution < -0.4 is 15.8 Å². The zero-order valence-electron chi connectivity index (χ0n) is 16.5. The highest BCUT2D eigenvalue weighted by atomic mass is 35.5. The van der Waals surface area contributed by atoms with Crippen LogP contribution in [0.2, 0.25) is 5.02 Å². The summed E-state index contributed by atoms with van der Waals surface area (Å²) in [7, 11) is 0. The Morgan fingerprint density at radius 3 is 2.55 bits per heavy atom. The molecule has 1 aromatic carbocycles. The second kappa shape index (κ2) is 11.9. The van der Waals surface area contributed by atoms with Gasteiger partial charge >= 0.3 is 0 Å². The molecule has 0 saturated heterocycles. The van der Waals surface area contributed by atoms with Gasteiger partial charge in [0.25, 0.3) is 0 Å². The molecule has 7 nitrogen and oxygen atoms in total. The summed E-state index contributed by atoms with van der Waals surface area (Å²) in [5, 5.41) is 3.79. The molecule has 3 N–H and O–H groups in total. The van der Waals surface area contributed by atoms with Gasteiger partial charge in [0.2, 0.25) is 0 Å². The van der Waals surface area contributed by atoms with Gasteiger partial charge in [-0.2, -0.15) is 0 Å². The standard InChI is InChI=1S/C20H19ClN6O.3ClH/c1-13-2-4-15(11-23-13)28-18-5-3-14(10-16(18)21)26-20-19-17(24-12-25-20)6-8-27(19)9-7-22;;;/h2-6,8,10-12H,7,9,22H2,1H3,(H,24,25,26);3*1H. The van der Waals surface area contributed by atoms with E-state index >= 15 is 0 Å². The molecule has 0 spiro atoms. The van der Waals surface area contributed by atoms with E-state index in [0.717, 1.165) is 22.4 Å². The third kappa shape index (κ3) is 6.12. The van der Waals surface area contributed by atoms with Crippen LogP contribution in [0, 0.1) is 6.92 Å². The minimum Gasteiger partial charge on any atom is -0.454 e. The van der Waals surface area contributed by atoms with Crippen LogP contribution in [0.5, 0.6) is 11.5 Å². The van der Waals surface area contributed by atoms with E-state index in [2.05, 4.69) is 20.3 Å². The number of aryl methyl sites for hydroxylation is 1. The van der Waals surface area contributed by atoms with Crippen molar-refractivity contribution >= 4 is 71.4 Å². The topological polar surface area (TPSA) is 90.9 Å². The number of pyridine rings is 1. The number of anilines is 2. The first-order chi connectivity index (χ1) is 13.6. The summed E-state index contributed by atoms with van der Waals surface area (Å²) in [5.41, 5.74) is 9.17. The van der Waals surface area contributed by atoms with Gasteiger partial charge in [-0.25, -0.2) is 9.97 Å². The smallest absolute Gasteiger partial charge is 0.158 e. The fourth-order valence-corrected chi connectivity index (χ4v) is 3.11. The number of rotatable bonds is 6. The zero-order valence-corrected chi connectivity index (χ0v) is 19.7. The summed E-state index contributed by atoms with van der Waals surface area (Å²) >= 11 is 6.42. The van der Waals surface area contributed by atoms with Crippen molar-refractivity contribution in [3.8, 4) is 11.5 Å². The molecule has 0 atom stereocenters. The van der Waals surface area contributed by atoms with Crippen molar-refractivity contribution in [3.05, 3.63) is 65.8 Å². The number of nitrogens with zero attached hydrogens (tertiary/aromatic N) is 4. The van der Waals surface area contributed by atoms with Crippen LogP contribution in [0.1, 0.15) is 5.69 Å². The van der Waals surface area contributed by atoms with Crippen molar-refractivity contribution in [2.45, 2.75) is 13.5 Å². The Hall–Kier alpha value is -2.29. The van der Waals surface area contributed by atoms with Gasteiger partial charge in [-0.05, 0) is 43.3 Å². The van der Waals surface area contributed by atoms with Crippen molar-refractivity contribution in [2.75, 3.05) is 11.9 Å². The molecule has 166 valence electrons. The molecular weight excluding hydrogens is 482 g/mol. The van der Waals surface area contributed by atoms with Gasteiger partial charge in [0.1, 0.15) is 23.3 Å². The Balaban J connectivity index is 0.00000160. The molecule has 0 fully saturated rings. The number of ether oxygens (including phenoxy) is 1. The third-order valence-corrected chi connectivity index (χ3v) is 4.52. The normalized spacial score (nSPS) is 9.90. The van der Waals surface area contributed by atoms with Crippen LogP contribution >= 0.6 is 48.8 Å². The Morgan fingerprint density at radius 2 is 1.87 bits per heavy atom. The summed E-state index contributed by atoms with van der Waals surface area (Å²) < 4.78 is 7.84. The van der Waals surface area contributed by atoms with Gasteiger partial charge in [0.05, 0.1) is 16.7 Å². The first kappa shape index (κ1) is 26.7. The predicted octanol–water partition coefficient (Wildman–Crippen LogP) is 5.55. The first-order valence-electron chi connectivity index (χ1n) is 8.81. The Kier molecular flexibility index (Phi) is 10.3. The van der Waals surface area contributed by atoms with Crippen molar-refractivity contribution in [1.82, 2.24) is 19.5 Å². The number of aromatic nitrogens is 4. The van der Waals surface area contributed by atoms with E-state index in [1.807, 2.05) is 48.0 Å². The van der Waals surface area contributed by atoms with Crippen LogP contribution in [0.4, 0.5) is 11.5 Å². The van der Waals surface area contributed by atoms with Gasteiger partial charge in [-0.1, -0.05) is 11.6 Å². The maximum absolute atomic E-state index is 6.42. The van der Waals surface area contributed by atoms with Crippen molar-refractivity contribution in [2.24, 2.45) is 5.73 Å². The molecule has 11 heteroatoms. The summed E-state index contributed by atoms with van der Waals surface area (Å²) in [6.45, 7) is 3.14. The van der Waals surface area contributed by atoms with E-state index in [-0.39, 0.29) is 37.2 Å². The fourth-order valence-electron chi connectivity index (χ4n) is 2.89. The highest BCUT2D eigenvalue weighted by molar-refractivity contribution is 6.32. The third-order valence-electron chi connectivity index (χ3n) is 4.23. The lowest BCUT2D eigenvalue weighted by Crippen LogP contribution is -2.10. The Morgan fingerprint density at radius 1 is 1.06 bits per heavy atom. The molecule has 0 saturated carbocycles. The van der Waals surface area contributed by atoms with Crippen LogP contribution in [0.25, 0.3) is 11.0 Å². The second-order valence-electron chi connectivity index (χ2n) is 6.26. The van der Waals surface area contributed by atoms with E-state index in [4.69, 9.17) is 22.1 Å². The van der Waals surface area contributed by atoms with E-state index < -0.39 is 0 Å². The molecule has 0 amide bonds. The summed E-state index contributed by atoms with van der Waals surface area (Å²) in [6, 6.07) is 11.2. The summed E-state index contributed by atoms with van der Waals surface area (Å²) in [6.07, 6.45) is 5.15. The summed E-state index contributed by atoms with van der Waals surface area (Å²) in [4.78, 5) is 12.9. The monoisotopic (exact) mass is 502 g/mol. The van der Waals surface area contributed by atoms with E-state index in [0.29, 0.717) is 35.4 Å². The summed E-state index contributed by atoms with van der Waals surface area (Å²) in [5.74, 6) is 1.87. The van der Waals surface area contributed by atoms with Gasteiger partial charge < -0.3 is 20.4 Å². The second-order valence-corrected chi connectivity index (χ2v) is 6.67. The van der Waals surface area contributed by atoms with Crippen LogP contribution in [-0.2, 0) is 6.54 Å². The first-order valence-corrected chi connectivity index (χ1v) is 9.19. The highest BCUT2D eigenvalue weighted by Crippen LogP contribution is 2.33. The minimum atomic E-state index is 0. The molecule has 3 aromatic heterocycles. The van der Waals surface area contributed by atoms with Crippen molar-refractivity contribution in [3.63, 3.8) is 0 Å². The quantitative estimate of drug-likeness (QED) is 0.358. The average molecular weight is 504 g/mol. The van der Waals surface area contributed by atoms with Crippen molar-refractivity contribution < 1.29 is 4.74 Å². The number of fused-ring (bicyclic) bond motifs is 1. The van der Waals surface area contributed by atoms with Gasteiger partial charge in [-0.15, -0.1) is 37.2 Å². The molecule has 31 heavy (non-hydrogen) atoms. The lowest BCUT2D eigenvalue weighted by molar-refractivity contribution is 0.480. The van der Waals surface area contributed by atoms with Gasteiger partial charge in [0, 0.05) is 30.7 Å². The van der Waals surface area contributed by atoms with Gasteiger partial charge in [0.15, 0.2) is 5.82 Å². The van der Waals surface area contributed by atoms with Crippen LogP contribution in [0.3, 0.4) is 0 Å². The number of nitrogens with two attached hydrogens (primary N) is 1. The maximum Gasteiger partial charge on any atom is 0.158 e. The van der Waals surface area contributed by atoms with E-state index in [1.165, 1.54) is 6.33 Å². The molecular formula is C20H22Cl4N6O. The molecule has 0 unspecified atom stereocenters. The molecule has 3 heterocycles. The fraction of sp³-hybridized carbons (Fsp3) is 0.150. The lowest BCUT2D eigenvalue weighted by atomic mass is 10.3. The van der Waals surface area contributed by atoms with Crippen molar-refractivity contribution in [1.29, 1.82) is 0 Å². The average Bonchev–Trinajstić information content (AvgIpc) is 3.10. The number of nitrogens with one attached hydrogen (secondary N) is 1. The van der Waals surface area contributed by atoms with E-state index in [9.17, 15) is 0 Å². The van der Waals surface area contributed by atoms with E-state index in [1.54, 1.807) is 12.3 Å². The Bertz CT molecular complexity index is 1120. The molecule has 0 radical (unpaired) electrons. The molecule has 0 bridgehead atoms. The highest BCUT2D eigenvalue weighted by Gasteiger charge is 2.11. The lowest BCUT2D eigenvalue weighted by Gasteiger charge is -2.12. The molecule has 0 aliphatic carbocycles. The number of hydrogen-bond donors (Lipinski definition) is 2. The molecule has 0 aliphatic heterocycles. The number of halogens is 4. The molecule has 4 rings (SSSR count). The van der Waals surface area contributed by atoms with Crippen LogP contribution in [-0.4, -0.2) is 26.1 Å².